The molecule has 4 heteroatoms. The van der Waals surface area contributed by atoms with Crippen molar-refractivity contribution in [3.8, 4) is 5.75 Å². The number of fused-ring (bicyclic) bond motifs is 1. The molecule has 0 saturated carbocycles. The van der Waals surface area contributed by atoms with Gasteiger partial charge in [0.15, 0.2) is 0 Å². The Bertz CT molecular complexity index is 886. The van der Waals surface area contributed by atoms with Gasteiger partial charge in [-0.1, -0.05) is 82.2 Å². The minimum absolute atomic E-state index is 0.0815. The van der Waals surface area contributed by atoms with E-state index in [2.05, 4.69) is 36.0 Å². The molecule has 1 saturated heterocycles. The first-order chi connectivity index (χ1) is 14.5. The molecule has 2 N–H and O–H groups in total. The van der Waals surface area contributed by atoms with Crippen LogP contribution in [0.15, 0.2) is 42.0 Å². The SMILES string of the molecule is CCCCCCCCCCOc1ccc2ccccc2c1/C=C1\C(=O)NNC1(C)C. The Labute approximate surface area is 181 Å². The molecule has 0 atom stereocenters. The van der Waals surface area contributed by atoms with E-state index in [1.54, 1.807) is 0 Å². The van der Waals surface area contributed by atoms with Crippen molar-refractivity contribution in [3.05, 3.63) is 47.5 Å². The number of hydrogen-bond donors (Lipinski definition) is 2. The molecular weight excluding hydrogens is 372 g/mol. The summed E-state index contributed by atoms with van der Waals surface area (Å²) in [6.07, 6.45) is 12.2. The molecule has 4 nitrogen and oxygen atoms in total. The number of hydrogen-bond acceptors (Lipinski definition) is 3. The lowest BCUT2D eigenvalue weighted by molar-refractivity contribution is -0.116. The molecule has 0 bridgehead atoms. The molecule has 30 heavy (non-hydrogen) atoms. The van der Waals surface area contributed by atoms with E-state index in [4.69, 9.17) is 4.74 Å². The first kappa shape index (κ1) is 22.4. The second-order valence-corrected chi connectivity index (χ2v) is 8.78. The van der Waals surface area contributed by atoms with Gasteiger partial charge in [0.25, 0.3) is 5.91 Å². The molecule has 1 aliphatic heterocycles. The minimum atomic E-state index is -0.428. The van der Waals surface area contributed by atoms with Crippen LogP contribution in [0.5, 0.6) is 5.75 Å². The number of ether oxygens (including phenoxy) is 1. The van der Waals surface area contributed by atoms with E-state index in [-0.39, 0.29) is 5.91 Å². The zero-order chi connectivity index (χ0) is 21.4. The van der Waals surface area contributed by atoms with Crippen molar-refractivity contribution in [1.82, 2.24) is 10.9 Å². The highest BCUT2D eigenvalue weighted by Gasteiger charge is 2.35. The number of nitrogens with one attached hydrogen (secondary N) is 2. The van der Waals surface area contributed by atoms with E-state index >= 15 is 0 Å². The van der Waals surface area contributed by atoms with Crippen molar-refractivity contribution >= 4 is 22.8 Å². The van der Waals surface area contributed by atoms with E-state index in [0.717, 1.165) is 34.1 Å². The lowest BCUT2D eigenvalue weighted by Gasteiger charge is -2.18. The molecule has 0 aliphatic carbocycles. The van der Waals surface area contributed by atoms with Crippen LogP contribution in [0.1, 0.15) is 77.7 Å². The number of carbonyl (C=O) groups excluding carboxylic acids is 1. The van der Waals surface area contributed by atoms with E-state index < -0.39 is 5.54 Å². The van der Waals surface area contributed by atoms with Crippen LogP contribution in [-0.4, -0.2) is 18.1 Å². The molecular formula is C26H36N2O2. The van der Waals surface area contributed by atoms with Crippen LogP contribution in [0.4, 0.5) is 0 Å². The molecule has 2 aromatic rings. The summed E-state index contributed by atoms with van der Waals surface area (Å²) in [6, 6.07) is 12.4. The number of amides is 1. The van der Waals surface area contributed by atoms with Gasteiger partial charge in [0.2, 0.25) is 0 Å². The first-order valence-electron chi connectivity index (χ1n) is 11.5. The molecule has 0 unspecified atom stereocenters. The van der Waals surface area contributed by atoms with E-state index in [1.165, 1.54) is 44.9 Å². The molecule has 162 valence electrons. The molecule has 2 aromatic carbocycles. The number of benzene rings is 2. The molecule has 3 rings (SSSR count). The fourth-order valence-electron chi connectivity index (χ4n) is 3.99. The average molecular weight is 409 g/mol. The van der Waals surface area contributed by atoms with E-state index in [1.807, 2.05) is 38.1 Å². The lowest BCUT2D eigenvalue weighted by Crippen LogP contribution is -2.38. The molecule has 0 spiro atoms. The van der Waals surface area contributed by atoms with Crippen molar-refractivity contribution < 1.29 is 9.53 Å². The summed E-state index contributed by atoms with van der Waals surface area (Å²) in [5, 5.41) is 2.25. The van der Waals surface area contributed by atoms with Crippen LogP contribution >= 0.6 is 0 Å². The van der Waals surface area contributed by atoms with E-state index in [0.29, 0.717) is 6.61 Å². The third kappa shape index (κ3) is 5.63. The summed E-state index contributed by atoms with van der Waals surface area (Å²) < 4.78 is 6.21. The van der Waals surface area contributed by atoms with Crippen LogP contribution in [0.2, 0.25) is 0 Å². The van der Waals surface area contributed by atoms with Gasteiger partial charge in [-0.05, 0) is 43.2 Å². The second-order valence-electron chi connectivity index (χ2n) is 8.78. The third-order valence-corrected chi connectivity index (χ3v) is 5.88. The Balaban J connectivity index is 1.69. The van der Waals surface area contributed by atoms with Crippen LogP contribution in [0.25, 0.3) is 16.8 Å². The van der Waals surface area contributed by atoms with Gasteiger partial charge in [-0.15, -0.1) is 0 Å². The highest BCUT2D eigenvalue weighted by molar-refractivity contribution is 6.05. The summed E-state index contributed by atoms with van der Waals surface area (Å²) in [5.41, 5.74) is 7.07. The topological polar surface area (TPSA) is 50.4 Å². The van der Waals surface area contributed by atoms with Gasteiger partial charge in [0.05, 0.1) is 12.1 Å². The van der Waals surface area contributed by atoms with Gasteiger partial charge in [0.1, 0.15) is 5.75 Å². The third-order valence-electron chi connectivity index (χ3n) is 5.88. The van der Waals surface area contributed by atoms with Crippen LogP contribution in [0, 0.1) is 0 Å². The molecule has 1 heterocycles. The fourth-order valence-corrected chi connectivity index (χ4v) is 3.99. The maximum atomic E-state index is 12.4. The second kappa shape index (κ2) is 10.6. The molecule has 0 radical (unpaired) electrons. The van der Waals surface area contributed by atoms with Crippen LogP contribution < -0.4 is 15.6 Å². The molecule has 1 amide bonds. The smallest absolute Gasteiger partial charge is 0.263 e. The quantitative estimate of drug-likeness (QED) is 0.346. The summed E-state index contributed by atoms with van der Waals surface area (Å²) in [7, 11) is 0. The summed E-state index contributed by atoms with van der Waals surface area (Å²) >= 11 is 0. The van der Waals surface area contributed by atoms with Gasteiger partial charge < -0.3 is 4.74 Å². The lowest BCUT2D eigenvalue weighted by atomic mass is 9.92. The summed E-state index contributed by atoms with van der Waals surface area (Å²) in [4.78, 5) is 12.4. The van der Waals surface area contributed by atoms with Crippen LogP contribution in [-0.2, 0) is 4.79 Å². The maximum absolute atomic E-state index is 12.4. The van der Waals surface area contributed by atoms with Crippen molar-refractivity contribution in [2.24, 2.45) is 0 Å². The number of hydrazine groups is 1. The Morgan fingerprint density at radius 1 is 0.933 bits per heavy atom. The largest absolute Gasteiger partial charge is 0.493 e. The highest BCUT2D eigenvalue weighted by atomic mass is 16.5. The number of carbonyl (C=O) groups is 1. The highest BCUT2D eigenvalue weighted by Crippen LogP contribution is 2.33. The predicted molar refractivity (Wildman–Crippen MR) is 125 cm³/mol. The Kier molecular flexibility index (Phi) is 7.92. The Morgan fingerprint density at radius 2 is 1.63 bits per heavy atom. The van der Waals surface area contributed by atoms with Gasteiger partial charge in [0, 0.05) is 11.1 Å². The number of rotatable bonds is 11. The molecule has 1 fully saturated rings. The van der Waals surface area contributed by atoms with Gasteiger partial charge in [-0.2, -0.15) is 0 Å². The fraction of sp³-hybridized carbons (Fsp3) is 0.500. The van der Waals surface area contributed by atoms with Crippen molar-refractivity contribution in [2.45, 2.75) is 77.7 Å². The molecule has 1 aliphatic rings. The molecule has 0 aromatic heterocycles. The zero-order valence-electron chi connectivity index (χ0n) is 18.7. The van der Waals surface area contributed by atoms with Crippen molar-refractivity contribution in [2.75, 3.05) is 6.61 Å². The minimum Gasteiger partial charge on any atom is -0.493 e. The summed E-state index contributed by atoms with van der Waals surface area (Å²) in [5.74, 6) is 0.765. The predicted octanol–water partition coefficient (Wildman–Crippen LogP) is 6.16. The monoisotopic (exact) mass is 408 g/mol. The Morgan fingerprint density at radius 3 is 2.33 bits per heavy atom. The van der Waals surface area contributed by atoms with E-state index in [9.17, 15) is 4.79 Å². The average Bonchev–Trinajstić information content (AvgIpc) is 3.00. The normalized spacial score (nSPS) is 16.9. The maximum Gasteiger partial charge on any atom is 0.263 e. The van der Waals surface area contributed by atoms with Crippen LogP contribution in [0.3, 0.4) is 0 Å². The summed E-state index contributed by atoms with van der Waals surface area (Å²) in [6.45, 7) is 6.97. The van der Waals surface area contributed by atoms with Crippen molar-refractivity contribution in [3.63, 3.8) is 0 Å². The first-order valence-corrected chi connectivity index (χ1v) is 11.5. The number of unbranched alkanes of at least 4 members (excludes halogenated alkanes) is 7. The van der Waals surface area contributed by atoms with Gasteiger partial charge >= 0.3 is 0 Å². The zero-order valence-corrected chi connectivity index (χ0v) is 18.7. The van der Waals surface area contributed by atoms with Gasteiger partial charge in [-0.3, -0.25) is 10.2 Å². The van der Waals surface area contributed by atoms with Gasteiger partial charge in [-0.25, -0.2) is 5.43 Å². The van der Waals surface area contributed by atoms with Crippen molar-refractivity contribution in [1.29, 1.82) is 0 Å². The Hall–Kier alpha value is -2.33. The standard InChI is InChI=1S/C26H36N2O2/c1-4-5-6-7-8-9-10-13-18-30-24-17-16-20-14-11-12-15-21(20)22(24)19-23-25(29)27-28-26(23,2)3/h11-12,14-17,19,28H,4-10,13,18H2,1-3H3,(H,27,29)/b23-19+.